The van der Waals surface area contributed by atoms with Crippen LogP contribution in [0.3, 0.4) is 0 Å². The molecule has 0 bridgehead atoms. The van der Waals surface area contributed by atoms with Crippen LogP contribution in [-0.4, -0.2) is 30.0 Å². The van der Waals surface area contributed by atoms with E-state index in [1.807, 2.05) is 0 Å². The number of halogens is 4. The van der Waals surface area contributed by atoms with Gasteiger partial charge in [-0.25, -0.2) is 13.1 Å². The van der Waals surface area contributed by atoms with Crippen LogP contribution in [0.15, 0.2) is 93.1 Å². The lowest BCUT2D eigenvalue weighted by molar-refractivity contribution is -0.137. The highest BCUT2D eigenvalue weighted by Gasteiger charge is 2.36. The van der Waals surface area contributed by atoms with E-state index < -0.39 is 38.4 Å². The van der Waals surface area contributed by atoms with Crippen molar-refractivity contribution in [1.82, 2.24) is 9.62 Å². The summed E-state index contributed by atoms with van der Waals surface area (Å²) in [5, 5.41) is -0.449. The third-order valence-electron chi connectivity index (χ3n) is 6.56. The van der Waals surface area contributed by atoms with Gasteiger partial charge in [0, 0.05) is 22.7 Å². The summed E-state index contributed by atoms with van der Waals surface area (Å²) in [6, 6.07) is 19.3. The number of hydrogen-bond donors (Lipinski definition) is 1. The smallest absolute Gasteiger partial charge is 0.416 e. The molecule has 1 saturated heterocycles. The number of imide groups is 1. The summed E-state index contributed by atoms with van der Waals surface area (Å²) in [4.78, 5) is 27.1. The molecule has 4 aromatic rings. The Morgan fingerprint density at radius 3 is 2.29 bits per heavy atom. The Balaban J connectivity index is 1.33. The number of nitrogens with one attached hydrogen (secondary N) is 1. The zero-order valence-electron chi connectivity index (χ0n) is 24.1. The minimum Gasteiger partial charge on any atom is -0.457 e. The molecule has 0 saturated carbocycles. The summed E-state index contributed by atoms with van der Waals surface area (Å²) in [7, 11) is -3.81. The summed E-state index contributed by atoms with van der Waals surface area (Å²) < 4.78 is 74.0. The van der Waals surface area contributed by atoms with Gasteiger partial charge < -0.3 is 4.42 Å². The second-order valence-corrected chi connectivity index (χ2v) is 14.3. The van der Waals surface area contributed by atoms with Gasteiger partial charge in [0.25, 0.3) is 11.1 Å². The highest BCUT2D eigenvalue weighted by Crippen LogP contribution is 2.38. The van der Waals surface area contributed by atoms with Crippen LogP contribution < -0.4 is 4.72 Å². The lowest BCUT2D eigenvalue weighted by Crippen LogP contribution is -2.40. The number of furan rings is 1. The molecule has 234 valence electrons. The molecular formula is C32H26ClF3N2O5S2. The van der Waals surface area contributed by atoms with Crippen LogP contribution in [0.5, 0.6) is 0 Å². The Bertz CT molecular complexity index is 1930. The van der Waals surface area contributed by atoms with Crippen LogP contribution in [0, 0.1) is 0 Å². The average molecular weight is 675 g/mol. The first-order valence-electron chi connectivity index (χ1n) is 13.5. The van der Waals surface area contributed by atoms with Gasteiger partial charge in [-0.2, -0.15) is 13.2 Å². The Morgan fingerprint density at radius 2 is 1.62 bits per heavy atom. The molecule has 2 heterocycles. The van der Waals surface area contributed by atoms with E-state index in [4.69, 9.17) is 16.0 Å². The van der Waals surface area contributed by atoms with Crippen LogP contribution in [0.25, 0.3) is 28.5 Å². The number of thioether (sulfide) groups is 1. The number of nitrogens with zero attached hydrogens (tertiary/aromatic N) is 1. The van der Waals surface area contributed by atoms with E-state index in [9.17, 15) is 31.2 Å². The Kier molecular flexibility index (Phi) is 8.80. The zero-order chi connectivity index (χ0) is 32.7. The Morgan fingerprint density at radius 1 is 0.933 bits per heavy atom. The predicted octanol–water partition coefficient (Wildman–Crippen LogP) is 8.60. The Hall–Kier alpha value is -3.84. The van der Waals surface area contributed by atoms with Gasteiger partial charge >= 0.3 is 6.18 Å². The highest BCUT2D eigenvalue weighted by molar-refractivity contribution is 8.18. The summed E-state index contributed by atoms with van der Waals surface area (Å²) in [6.45, 7) is 5.23. The second-order valence-electron chi connectivity index (χ2n) is 11.2. The molecule has 0 spiro atoms. The van der Waals surface area contributed by atoms with Gasteiger partial charge in [0.1, 0.15) is 11.5 Å². The molecule has 3 aromatic carbocycles. The minimum absolute atomic E-state index is 0.0307. The minimum atomic E-state index is -4.57. The topological polar surface area (TPSA) is 96.7 Å². The lowest BCUT2D eigenvalue weighted by atomic mass is 10.0. The molecule has 1 aromatic heterocycles. The van der Waals surface area contributed by atoms with E-state index in [2.05, 4.69) is 4.72 Å². The molecule has 7 nitrogen and oxygen atoms in total. The first kappa shape index (κ1) is 32.6. The first-order valence-corrected chi connectivity index (χ1v) is 16.1. The molecule has 2 amide bonds. The molecule has 45 heavy (non-hydrogen) atoms. The number of amides is 2. The summed E-state index contributed by atoms with van der Waals surface area (Å²) in [5.41, 5.74) is 0.242. The molecule has 0 atom stereocenters. The second kappa shape index (κ2) is 12.2. The van der Waals surface area contributed by atoms with Crippen molar-refractivity contribution in [1.29, 1.82) is 0 Å². The fourth-order valence-electron chi connectivity index (χ4n) is 4.60. The van der Waals surface area contributed by atoms with Crippen molar-refractivity contribution in [2.24, 2.45) is 0 Å². The van der Waals surface area contributed by atoms with E-state index in [-0.39, 0.29) is 38.5 Å². The quantitative estimate of drug-likeness (QED) is 0.197. The number of alkyl halides is 3. The van der Waals surface area contributed by atoms with Gasteiger partial charge in [-0.15, -0.1) is 0 Å². The first-order chi connectivity index (χ1) is 21.0. The fourth-order valence-corrected chi connectivity index (χ4v) is 7.28. The molecule has 1 fully saturated rings. The summed E-state index contributed by atoms with van der Waals surface area (Å²) in [5.74, 6) is -0.336. The SMILES string of the molecule is CC(C)(C)NS(=O)(=O)c1ccccc1-c1ccc(CN2C(=O)S/C(=C\c3ccc(-c4cc(C(F)(F)F)ccc4Cl)o3)C2=O)cc1. The largest absolute Gasteiger partial charge is 0.457 e. The maximum Gasteiger partial charge on any atom is 0.416 e. The number of carbonyl (C=O) groups excluding carboxylic acids is 2. The number of carbonyl (C=O) groups is 2. The molecule has 0 aliphatic carbocycles. The van der Waals surface area contributed by atoms with Crippen LogP contribution >= 0.6 is 23.4 Å². The van der Waals surface area contributed by atoms with Gasteiger partial charge in [0.05, 0.1) is 26.9 Å². The number of sulfonamides is 1. The van der Waals surface area contributed by atoms with Gasteiger partial charge in [-0.3, -0.25) is 14.5 Å². The van der Waals surface area contributed by atoms with Crippen molar-refractivity contribution in [3.8, 4) is 22.5 Å². The molecule has 13 heteroatoms. The van der Waals surface area contributed by atoms with Gasteiger partial charge in [0.15, 0.2) is 0 Å². The molecule has 1 aliphatic rings. The van der Waals surface area contributed by atoms with Crippen LogP contribution in [-0.2, 0) is 27.5 Å². The molecule has 1 aliphatic heterocycles. The number of rotatable bonds is 7. The third kappa shape index (κ3) is 7.36. The third-order valence-corrected chi connectivity index (χ3v) is 9.61. The number of benzene rings is 3. The predicted molar refractivity (Wildman–Crippen MR) is 168 cm³/mol. The summed E-state index contributed by atoms with van der Waals surface area (Å²) >= 11 is 6.82. The maximum atomic E-state index is 13.2. The van der Waals surface area contributed by atoms with Crippen molar-refractivity contribution in [2.75, 3.05) is 0 Å². The van der Waals surface area contributed by atoms with E-state index in [0.29, 0.717) is 28.5 Å². The average Bonchev–Trinajstić information content (AvgIpc) is 3.52. The molecular weight excluding hydrogens is 649 g/mol. The summed E-state index contributed by atoms with van der Waals surface area (Å²) in [6.07, 6.45) is -3.22. The van der Waals surface area contributed by atoms with Crippen molar-refractivity contribution < 1.29 is 35.6 Å². The fraction of sp³-hybridized carbons (Fsp3) is 0.188. The van der Waals surface area contributed by atoms with Crippen molar-refractivity contribution in [3.05, 3.63) is 106 Å². The van der Waals surface area contributed by atoms with Gasteiger partial charge in [-0.1, -0.05) is 54.1 Å². The lowest BCUT2D eigenvalue weighted by Gasteiger charge is -2.21. The maximum absolute atomic E-state index is 13.2. The molecule has 0 radical (unpaired) electrons. The van der Waals surface area contributed by atoms with Gasteiger partial charge in [0.2, 0.25) is 10.0 Å². The standard InChI is InChI=1S/C32H26ClF3N2O5S2/c1-31(2,3)37-45(41,42)28-7-5-4-6-23(28)20-10-8-19(9-11-20)18-38-29(39)27(44-30(38)40)17-22-13-15-26(43-22)24-16-21(32(34,35)36)12-14-25(24)33/h4-17,37H,18H2,1-3H3/b27-17-. The monoisotopic (exact) mass is 674 g/mol. The highest BCUT2D eigenvalue weighted by atomic mass is 35.5. The normalized spacial score (nSPS) is 15.4. The van der Waals surface area contributed by atoms with Crippen molar-refractivity contribution in [3.63, 3.8) is 0 Å². The zero-order valence-corrected chi connectivity index (χ0v) is 26.5. The van der Waals surface area contributed by atoms with Crippen molar-refractivity contribution in [2.45, 2.75) is 43.9 Å². The van der Waals surface area contributed by atoms with Crippen molar-refractivity contribution >= 4 is 50.6 Å². The van der Waals surface area contributed by atoms with Crippen LogP contribution in [0.1, 0.15) is 37.7 Å². The van der Waals surface area contributed by atoms with E-state index >= 15 is 0 Å². The number of hydrogen-bond acceptors (Lipinski definition) is 6. The van der Waals surface area contributed by atoms with E-state index in [1.54, 1.807) is 63.2 Å². The Labute approximate surface area is 267 Å². The van der Waals surface area contributed by atoms with E-state index in [0.717, 1.165) is 23.1 Å². The molecule has 5 rings (SSSR count). The molecule has 1 N–H and O–H groups in total. The van der Waals surface area contributed by atoms with Gasteiger partial charge in [-0.05, 0) is 80.1 Å². The molecule has 0 unspecified atom stereocenters. The van der Waals surface area contributed by atoms with Crippen LogP contribution in [0.4, 0.5) is 18.0 Å². The van der Waals surface area contributed by atoms with E-state index in [1.165, 1.54) is 24.3 Å². The van der Waals surface area contributed by atoms with Crippen LogP contribution in [0.2, 0.25) is 5.02 Å².